The number of aryl methyl sites for hydroxylation is 1. The summed E-state index contributed by atoms with van der Waals surface area (Å²) in [6.45, 7) is 2.73. The maximum absolute atomic E-state index is 12.6. The number of rotatable bonds is 3. The predicted octanol–water partition coefficient (Wildman–Crippen LogP) is 2.33. The van der Waals surface area contributed by atoms with Crippen LogP contribution < -0.4 is 0 Å². The lowest BCUT2D eigenvalue weighted by Crippen LogP contribution is -2.38. The van der Waals surface area contributed by atoms with Gasteiger partial charge in [-0.25, -0.2) is 0 Å². The van der Waals surface area contributed by atoms with Crippen molar-refractivity contribution in [3.8, 4) is 0 Å². The molecule has 1 aliphatic heterocycles. The molecule has 1 N–H and O–H groups in total. The second-order valence-electron chi connectivity index (χ2n) is 5.06. The number of hydrogen-bond donors (Lipinski definition) is 1. The molecule has 0 radical (unpaired) electrons. The van der Waals surface area contributed by atoms with Gasteiger partial charge in [-0.15, -0.1) is 0 Å². The second-order valence-corrected chi connectivity index (χ2v) is 5.06. The molecule has 0 saturated carbocycles. The smallest absolute Gasteiger partial charge is 0.293 e. The van der Waals surface area contributed by atoms with Crippen LogP contribution in [-0.2, 0) is 6.42 Å². The van der Waals surface area contributed by atoms with Gasteiger partial charge in [-0.2, -0.15) is 5.10 Å². The Kier molecular flexibility index (Phi) is 3.54. The van der Waals surface area contributed by atoms with Crippen molar-refractivity contribution >= 4 is 5.91 Å². The summed E-state index contributed by atoms with van der Waals surface area (Å²) in [5.41, 5.74) is 1.79. The number of nitrogens with zero attached hydrogens (tertiary/aromatic N) is 3. The van der Waals surface area contributed by atoms with Gasteiger partial charge in [0.1, 0.15) is 0 Å². The molecule has 2 aromatic rings. The van der Waals surface area contributed by atoms with Crippen molar-refractivity contribution in [3.05, 3.63) is 35.5 Å². The maximum atomic E-state index is 12.6. The molecule has 1 amide bonds. The normalized spacial score (nSPS) is 19.2. The molecule has 3 heterocycles. The Morgan fingerprint density at radius 2 is 2.45 bits per heavy atom. The molecule has 1 atom stereocenters. The predicted molar refractivity (Wildman–Crippen MR) is 72.1 cm³/mol. The van der Waals surface area contributed by atoms with Crippen LogP contribution in [0.3, 0.4) is 0 Å². The number of aromatic nitrogens is 3. The van der Waals surface area contributed by atoms with Crippen molar-refractivity contribution in [3.63, 3.8) is 0 Å². The van der Waals surface area contributed by atoms with Crippen LogP contribution in [0.1, 0.15) is 54.2 Å². The number of hydrogen-bond acceptors (Lipinski definition) is 4. The molecule has 1 saturated heterocycles. The van der Waals surface area contributed by atoms with Gasteiger partial charge in [0.2, 0.25) is 5.76 Å². The van der Waals surface area contributed by atoms with Crippen LogP contribution in [0.25, 0.3) is 0 Å². The van der Waals surface area contributed by atoms with Crippen LogP contribution in [0.5, 0.6) is 0 Å². The minimum atomic E-state index is -0.0866. The highest BCUT2D eigenvalue weighted by Crippen LogP contribution is 2.30. The van der Waals surface area contributed by atoms with Crippen LogP contribution in [-0.4, -0.2) is 32.7 Å². The number of likely N-dealkylation sites (tertiary alicyclic amines) is 1. The van der Waals surface area contributed by atoms with E-state index in [1.807, 2.05) is 17.9 Å². The zero-order chi connectivity index (χ0) is 13.9. The monoisotopic (exact) mass is 274 g/mol. The average Bonchev–Trinajstić information content (AvgIpc) is 3.17. The molecular formula is C14H18N4O2. The van der Waals surface area contributed by atoms with Crippen LogP contribution in [0.2, 0.25) is 0 Å². The van der Waals surface area contributed by atoms with Crippen molar-refractivity contribution in [2.24, 2.45) is 0 Å². The molecule has 20 heavy (non-hydrogen) atoms. The van der Waals surface area contributed by atoms with Crippen molar-refractivity contribution in [2.45, 2.75) is 38.6 Å². The van der Waals surface area contributed by atoms with E-state index >= 15 is 0 Å². The first-order valence-corrected chi connectivity index (χ1v) is 7.05. The highest BCUT2D eigenvalue weighted by molar-refractivity contribution is 5.91. The third kappa shape index (κ3) is 2.33. The van der Waals surface area contributed by atoms with Crippen molar-refractivity contribution in [1.82, 2.24) is 20.3 Å². The number of aromatic amines is 1. The average molecular weight is 274 g/mol. The van der Waals surface area contributed by atoms with Gasteiger partial charge in [0.05, 0.1) is 17.4 Å². The van der Waals surface area contributed by atoms with Crippen molar-refractivity contribution in [2.75, 3.05) is 6.54 Å². The summed E-state index contributed by atoms with van der Waals surface area (Å²) in [7, 11) is 0. The summed E-state index contributed by atoms with van der Waals surface area (Å²) in [6.07, 6.45) is 5.56. The first-order chi connectivity index (χ1) is 9.79. The molecule has 3 rings (SSSR count). The van der Waals surface area contributed by atoms with Gasteiger partial charge in [0.15, 0.2) is 0 Å². The first kappa shape index (κ1) is 12.9. The fraction of sp³-hybridized carbons (Fsp3) is 0.500. The molecule has 0 aliphatic carbocycles. The molecule has 0 aromatic carbocycles. The third-order valence-electron chi connectivity index (χ3n) is 3.78. The zero-order valence-corrected chi connectivity index (χ0v) is 11.5. The van der Waals surface area contributed by atoms with Crippen molar-refractivity contribution < 1.29 is 9.32 Å². The molecule has 0 bridgehead atoms. The van der Waals surface area contributed by atoms with Gasteiger partial charge in [-0.3, -0.25) is 9.89 Å². The lowest BCUT2D eigenvalue weighted by atomic mass is 9.99. The molecule has 106 valence electrons. The number of carbonyl (C=O) groups excluding carboxylic acids is 1. The third-order valence-corrected chi connectivity index (χ3v) is 3.78. The summed E-state index contributed by atoms with van der Waals surface area (Å²) in [6, 6.07) is 3.71. The van der Waals surface area contributed by atoms with Gasteiger partial charge in [0.25, 0.3) is 5.91 Å². The fourth-order valence-electron chi connectivity index (χ4n) is 2.67. The molecule has 6 heteroatoms. The minimum absolute atomic E-state index is 0.0499. The highest BCUT2D eigenvalue weighted by atomic mass is 16.5. The van der Waals surface area contributed by atoms with Gasteiger partial charge in [-0.05, 0) is 31.7 Å². The fourth-order valence-corrected chi connectivity index (χ4v) is 2.67. The van der Waals surface area contributed by atoms with Crippen LogP contribution >= 0.6 is 0 Å². The Morgan fingerprint density at radius 3 is 3.15 bits per heavy atom. The SMILES string of the molecule is CCc1cc(C(=O)N2CCCC[C@H]2c2ccn[nH]2)on1. The van der Waals surface area contributed by atoms with E-state index in [0.717, 1.165) is 43.6 Å². The molecule has 2 aromatic heterocycles. The summed E-state index contributed by atoms with van der Waals surface area (Å²) < 4.78 is 5.17. The number of piperidine rings is 1. The molecule has 1 fully saturated rings. The van der Waals surface area contributed by atoms with Gasteiger partial charge >= 0.3 is 0 Å². The summed E-state index contributed by atoms with van der Waals surface area (Å²) in [5, 5.41) is 10.8. The largest absolute Gasteiger partial charge is 0.351 e. The van der Waals surface area contributed by atoms with Crippen LogP contribution in [0, 0.1) is 0 Å². The Balaban J connectivity index is 1.84. The van der Waals surface area contributed by atoms with Crippen LogP contribution in [0.15, 0.2) is 22.9 Å². The second kappa shape index (κ2) is 5.48. The Bertz CT molecular complexity index is 576. The quantitative estimate of drug-likeness (QED) is 0.932. The summed E-state index contributed by atoms with van der Waals surface area (Å²) in [5.74, 6) is 0.241. The number of nitrogens with one attached hydrogen (secondary N) is 1. The molecular weight excluding hydrogens is 256 g/mol. The summed E-state index contributed by atoms with van der Waals surface area (Å²) >= 11 is 0. The van der Waals surface area contributed by atoms with E-state index in [1.54, 1.807) is 12.3 Å². The van der Waals surface area contributed by atoms with E-state index in [9.17, 15) is 4.79 Å². The standard InChI is InChI=1S/C14H18N4O2/c1-2-10-9-13(20-17-10)14(19)18-8-4-3-5-12(18)11-6-7-15-16-11/h6-7,9,12H,2-5,8H2,1H3,(H,15,16)/t12-/m0/s1. The molecule has 6 nitrogen and oxygen atoms in total. The minimum Gasteiger partial charge on any atom is -0.351 e. The lowest BCUT2D eigenvalue weighted by Gasteiger charge is -2.34. The van der Waals surface area contributed by atoms with E-state index in [-0.39, 0.29) is 11.9 Å². The van der Waals surface area contributed by atoms with Gasteiger partial charge in [-0.1, -0.05) is 12.1 Å². The maximum Gasteiger partial charge on any atom is 0.293 e. The zero-order valence-electron chi connectivity index (χ0n) is 11.5. The Morgan fingerprint density at radius 1 is 1.55 bits per heavy atom. The number of amides is 1. The van der Waals surface area contributed by atoms with E-state index in [2.05, 4.69) is 15.4 Å². The van der Waals surface area contributed by atoms with E-state index in [4.69, 9.17) is 4.52 Å². The highest BCUT2D eigenvalue weighted by Gasteiger charge is 2.31. The summed E-state index contributed by atoms with van der Waals surface area (Å²) in [4.78, 5) is 14.5. The number of carbonyl (C=O) groups is 1. The van der Waals surface area contributed by atoms with E-state index in [1.165, 1.54) is 0 Å². The number of H-pyrrole nitrogens is 1. The van der Waals surface area contributed by atoms with Crippen molar-refractivity contribution in [1.29, 1.82) is 0 Å². The Labute approximate surface area is 117 Å². The van der Waals surface area contributed by atoms with Crippen LogP contribution in [0.4, 0.5) is 0 Å². The molecule has 1 aliphatic rings. The molecule has 0 unspecified atom stereocenters. The van der Waals surface area contributed by atoms with Gasteiger partial charge in [0, 0.05) is 18.8 Å². The topological polar surface area (TPSA) is 75.0 Å². The first-order valence-electron chi connectivity index (χ1n) is 7.05. The van der Waals surface area contributed by atoms with E-state index < -0.39 is 0 Å². The van der Waals surface area contributed by atoms with E-state index in [0.29, 0.717) is 5.76 Å². The Hall–Kier alpha value is -2.11. The lowest BCUT2D eigenvalue weighted by molar-refractivity contribution is 0.0563. The molecule has 0 spiro atoms. The van der Waals surface area contributed by atoms with Gasteiger partial charge < -0.3 is 9.42 Å².